The molecule has 1 aliphatic rings. The van der Waals surface area contributed by atoms with E-state index in [1.165, 1.54) is 24.1 Å². The number of thiazole rings is 1. The number of piperidine rings is 1. The van der Waals surface area contributed by atoms with Crippen molar-refractivity contribution in [2.45, 2.75) is 58.4 Å². The molecule has 1 fully saturated rings. The number of carbonyl (C=O) groups excluding carboxylic acids is 1. The first-order valence-electron chi connectivity index (χ1n) is 6.83. The molecule has 1 aromatic heterocycles. The monoisotopic (exact) mass is 266 g/mol. The highest BCUT2D eigenvalue weighted by Crippen LogP contribution is 2.18. The van der Waals surface area contributed by atoms with Crippen molar-refractivity contribution in [1.82, 2.24) is 10.3 Å². The molecule has 0 spiro atoms. The van der Waals surface area contributed by atoms with Gasteiger partial charge in [0.2, 0.25) is 0 Å². The Balaban J connectivity index is 1.74. The van der Waals surface area contributed by atoms with Gasteiger partial charge < -0.3 is 5.32 Å². The fraction of sp³-hybridized carbons (Fsp3) is 0.714. The van der Waals surface area contributed by atoms with Crippen LogP contribution in [0.15, 0.2) is 0 Å². The predicted molar refractivity (Wildman–Crippen MR) is 75.2 cm³/mol. The number of ketones is 1. The molecule has 0 amide bonds. The smallest absolute Gasteiger partial charge is 0.139 e. The van der Waals surface area contributed by atoms with E-state index >= 15 is 0 Å². The van der Waals surface area contributed by atoms with Crippen molar-refractivity contribution >= 4 is 17.1 Å². The van der Waals surface area contributed by atoms with E-state index in [4.69, 9.17) is 0 Å². The predicted octanol–water partition coefficient (Wildman–Crippen LogP) is 2.79. The molecule has 1 atom stereocenters. The number of Topliss-reactive ketones (excluding diaryl/α,β-unsaturated/α-hetero) is 1. The molecule has 4 heteroatoms. The second-order valence-corrected chi connectivity index (χ2v) is 6.44. The van der Waals surface area contributed by atoms with Crippen LogP contribution in [0.25, 0.3) is 0 Å². The summed E-state index contributed by atoms with van der Waals surface area (Å²) in [4.78, 5) is 17.6. The number of aryl methyl sites for hydroxylation is 2. The second-order valence-electron chi connectivity index (χ2n) is 5.15. The maximum absolute atomic E-state index is 11.9. The van der Waals surface area contributed by atoms with Crippen LogP contribution in [0.3, 0.4) is 0 Å². The summed E-state index contributed by atoms with van der Waals surface area (Å²) in [5.74, 6) is 0.330. The van der Waals surface area contributed by atoms with Crippen LogP contribution in [-0.2, 0) is 11.2 Å². The Labute approximate surface area is 113 Å². The van der Waals surface area contributed by atoms with E-state index in [0.717, 1.165) is 23.7 Å². The number of hydrogen-bond acceptors (Lipinski definition) is 4. The molecular weight excluding hydrogens is 244 g/mol. The van der Waals surface area contributed by atoms with Gasteiger partial charge in [0.1, 0.15) is 10.8 Å². The molecule has 1 N–H and O–H groups in total. The molecule has 0 radical (unpaired) electrons. The Bertz CT molecular complexity index is 388. The maximum Gasteiger partial charge on any atom is 0.139 e. The molecule has 0 saturated carbocycles. The van der Waals surface area contributed by atoms with Crippen molar-refractivity contribution in [2.24, 2.45) is 0 Å². The molecule has 18 heavy (non-hydrogen) atoms. The largest absolute Gasteiger partial charge is 0.314 e. The molecule has 1 unspecified atom stereocenters. The Hall–Kier alpha value is -0.740. The van der Waals surface area contributed by atoms with Gasteiger partial charge in [-0.25, -0.2) is 4.98 Å². The molecule has 100 valence electrons. The summed E-state index contributed by atoms with van der Waals surface area (Å²) in [5, 5.41) is 4.46. The minimum absolute atomic E-state index is 0.330. The zero-order valence-electron chi connectivity index (χ0n) is 11.3. The first kappa shape index (κ1) is 13.7. The summed E-state index contributed by atoms with van der Waals surface area (Å²) in [5.41, 5.74) is 1.07. The number of rotatable bonds is 5. The number of carbonyl (C=O) groups is 1. The summed E-state index contributed by atoms with van der Waals surface area (Å²) < 4.78 is 0. The van der Waals surface area contributed by atoms with Crippen LogP contribution in [0.4, 0.5) is 0 Å². The van der Waals surface area contributed by atoms with E-state index in [1.54, 1.807) is 11.3 Å². The average Bonchev–Trinajstić information content (AvgIpc) is 2.67. The topological polar surface area (TPSA) is 42.0 Å². The van der Waals surface area contributed by atoms with Gasteiger partial charge >= 0.3 is 0 Å². The summed E-state index contributed by atoms with van der Waals surface area (Å²) >= 11 is 1.66. The average molecular weight is 266 g/mol. The minimum Gasteiger partial charge on any atom is -0.314 e. The van der Waals surface area contributed by atoms with Crippen LogP contribution in [0.1, 0.15) is 47.7 Å². The minimum atomic E-state index is 0.330. The van der Waals surface area contributed by atoms with Gasteiger partial charge in [-0.2, -0.15) is 0 Å². The molecule has 1 saturated heterocycles. The number of nitrogens with zero attached hydrogens (tertiary/aromatic N) is 1. The van der Waals surface area contributed by atoms with E-state index in [0.29, 0.717) is 24.7 Å². The number of hydrogen-bond donors (Lipinski definition) is 1. The zero-order chi connectivity index (χ0) is 13.0. The highest BCUT2D eigenvalue weighted by Gasteiger charge is 2.15. The summed E-state index contributed by atoms with van der Waals surface area (Å²) in [6, 6.07) is 0.558. The highest BCUT2D eigenvalue weighted by atomic mass is 32.1. The van der Waals surface area contributed by atoms with Gasteiger partial charge in [0.25, 0.3) is 0 Å². The third kappa shape index (κ3) is 3.89. The second kappa shape index (κ2) is 6.43. The molecule has 3 nitrogen and oxygen atoms in total. The summed E-state index contributed by atoms with van der Waals surface area (Å²) in [6.07, 6.45) is 6.01. The number of nitrogens with one attached hydrogen (secondary N) is 1. The van der Waals surface area contributed by atoms with Gasteiger partial charge in [-0.05, 0) is 39.7 Å². The van der Waals surface area contributed by atoms with Crippen molar-refractivity contribution in [3.8, 4) is 0 Å². The Kier molecular flexibility index (Phi) is 4.89. The van der Waals surface area contributed by atoms with Crippen LogP contribution in [0.2, 0.25) is 0 Å². The van der Waals surface area contributed by atoms with Crippen molar-refractivity contribution in [3.63, 3.8) is 0 Å². The van der Waals surface area contributed by atoms with Crippen molar-refractivity contribution in [1.29, 1.82) is 0 Å². The maximum atomic E-state index is 11.9. The van der Waals surface area contributed by atoms with E-state index in [1.807, 2.05) is 6.92 Å². The molecule has 1 aliphatic heterocycles. The van der Waals surface area contributed by atoms with Crippen LogP contribution in [0.5, 0.6) is 0 Å². The molecular formula is C14H22N2OS. The van der Waals surface area contributed by atoms with Crippen LogP contribution >= 0.6 is 11.3 Å². The van der Waals surface area contributed by atoms with Gasteiger partial charge in [-0.3, -0.25) is 4.79 Å². The lowest BCUT2D eigenvalue weighted by atomic mass is 9.99. The fourth-order valence-electron chi connectivity index (χ4n) is 2.38. The van der Waals surface area contributed by atoms with Crippen LogP contribution in [0, 0.1) is 13.8 Å². The molecule has 2 heterocycles. The Morgan fingerprint density at radius 2 is 2.28 bits per heavy atom. The Morgan fingerprint density at radius 3 is 2.89 bits per heavy atom. The van der Waals surface area contributed by atoms with Crippen LogP contribution < -0.4 is 5.32 Å². The van der Waals surface area contributed by atoms with Gasteiger partial charge in [0, 0.05) is 17.3 Å². The van der Waals surface area contributed by atoms with E-state index < -0.39 is 0 Å². The first-order valence-corrected chi connectivity index (χ1v) is 7.65. The van der Waals surface area contributed by atoms with Gasteiger partial charge in [0.15, 0.2) is 0 Å². The van der Waals surface area contributed by atoms with Gasteiger partial charge in [-0.15, -0.1) is 11.3 Å². The van der Waals surface area contributed by atoms with E-state index in [2.05, 4.69) is 17.2 Å². The summed E-state index contributed by atoms with van der Waals surface area (Å²) in [6.45, 7) is 5.18. The quantitative estimate of drug-likeness (QED) is 0.891. The lowest BCUT2D eigenvalue weighted by Crippen LogP contribution is -2.34. The summed E-state index contributed by atoms with van der Waals surface area (Å²) in [7, 11) is 0. The van der Waals surface area contributed by atoms with Crippen molar-refractivity contribution in [2.75, 3.05) is 6.54 Å². The fourth-order valence-corrected chi connectivity index (χ4v) is 3.34. The lowest BCUT2D eigenvalue weighted by molar-refractivity contribution is -0.118. The first-order chi connectivity index (χ1) is 8.65. The number of aromatic nitrogens is 1. The molecule has 0 bridgehead atoms. The lowest BCUT2D eigenvalue weighted by Gasteiger charge is -2.22. The molecule has 0 aliphatic carbocycles. The van der Waals surface area contributed by atoms with Crippen molar-refractivity contribution < 1.29 is 4.79 Å². The third-order valence-electron chi connectivity index (χ3n) is 3.61. The highest BCUT2D eigenvalue weighted by molar-refractivity contribution is 7.11. The molecule has 1 aromatic rings. The van der Waals surface area contributed by atoms with Gasteiger partial charge in [0.05, 0.1) is 12.1 Å². The van der Waals surface area contributed by atoms with Gasteiger partial charge in [-0.1, -0.05) is 6.42 Å². The van der Waals surface area contributed by atoms with Crippen molar-refractivity contribution in [3.05, 3.63) is 15.6 Å². The third-order valence-corrected chi connectivity index (χ3v) is 4.68. The molecule has 2 rings (SSSR count). The van der Waals surface area contributed by atoms with E-state index in [-0.39, 0.29) is 0 Å². The standard InChI is InChI=1S/C14H22N2OS/c1-10-11(2)18-14(16-10)9-13(17)7-6-12-5-3-4-8-15-12/h12,15H,3-9H2,1-2H3. The van der Waals surface area contributed by atoms with E-state index in [9.17, 15) is 4.79 Å². The van der Waals surface area contributed by atoms with Crippen LogP contribution in [-0.4, -0.2) is 23.4 Å². The SMILES string of the molecule is Cc1nc(CC(=O)CCC2CCCCN2)sc1C. The normalized spacial score (nSPS) is 20.0. The zero-order valence-corrected chi connectivity index (χ0v) is 12.1. The molecule has 0 aromatic carbocycles. The Morgan fingerprint density at radius 1 is 1.44 bits per heavy atom.